The molecule has 0 saturated carbocycles. The zero-order valence-electron chi connectivity index (χ0n) is 16.7. The van der Waals surface area contributed by atoms with Gasteiger partial charge in [0.25, 0.3) is 0 Å². The van der Waals surface area contributed by atoms with Gasteiger partial charge in [0.05, 0.1) is 10.7 Å². The Bertz CT molecular complexity index is 841. The van der Waals surface area contributed by atoms with E-state index in [-0.39, 0.29) is 11.9 Å². The molecule has 0 spiro atoms. The van der Waals surface area contributed by atoms with E-state index in [9.17, 15) is 9.59 Å². The molecular weight excluding hydrogens is 372 g/mol. The van der Waals surface area contributed by atoms with Crippen molar-refractivity contribution in [3.63, 3.8) is 0 Å². The number of piperidine rings is 1. The van der Waals surface area contributed by atoms with E-state index in [2.05, 4.69) is 22.1 Å². The third-order valence-corrected chi connectivity index (χ3v) is 6.14. The van der Waals surface area contributed by atoms with E-state index >= 15 is 0 Å². The van der Waals surface area contributed by atoms with Crippen molar-refractivity contribution in [1.29, 1.82) is 0 Å². The number of nitrogens with one attached hydrogen (secondary N) is 2. The van der Waals surface area contributed by atoms with E-state index in [4.69, 9.17) is 4.98 Å². The summed E-state index contributed by atoms with van der Waals surface area (Å²) in [4.78, 5) is 30.2. The van der Waals surface area contributed by atoms with Gasteiger partial charge in [-0.2, -0.15) is 0 Å². The topological polar surface area (TPSA) is 74.3 Å². The summed E-state index contributed by atoms with van der Waals surface area (Å²) in [5, 5.41) is 9.07. The first-order valence-corrected chi connectivity index (χ1v) is 10.6. The van der Waals surface area contributed by atoms with Gasteiger partial charge in [0, 0.05) is 50.0 Å². The molecule has 1 saturated heterocycles. The highest BCUT2D eigenvalue weighted by Crippen LogP contribution is 2.30. The molecule has 3 amide bonds. The zero-order valence-corrected chi connectivity index (χ0v) is 17.6. The first-order chi connectivity index (χ1) is 13.4. The van der Waals surface area contributed by atoms with Crippen LogP contribution in [-0.4, -0.2) is 41.5 Å². The summed E-state index contributed by atoms with van der Waals surface area (Å²) in [7, 11) is 0. The standard InChI is InChI=1S/C21H28N4O2S/c1-14-4-5-19(15(2)12-14)24-21(27)25-10-7-17(8-11-25)20-23-18(13-28-20)6-9-22-16(3)26/h4-5,12-13,17H,6-11H2,1-3H3,(H,22,26)(H,24,27). The molecule has 6 nitrogen and oxygen atoms in total. The molecule has 7 heteroatoms. The third kappa shape index (κ3) is 5.32. The van der Waals surface area contributed by atoms with Crippen LogP contribution in [0.1, 0.15) is 47.5 Å². The van der Waals surface area contributed by atoms with Crippen LogP contribution >= 0.6 is 11.3 Å². The van der Waals surface area contributed by atoms with Crippen LogP contribution in [0.3, 0.4) is 0 Å². The molecule has 0 unspecified atom stereocenters. The number of carbonyl (C=O) groups excluding carboxylic acids is 2. The number of anilines is 1. The minimum absolute atomic E-state index is 0.0121. The van der Waals surface area contributed by atoms with Crippen LogP contribution in [-0.2, 0) is 11.2 Å². The summed E-state index contributed by atoms with van der Waals surface area (Å²) in [5.41, 5.74) is 4.18. The fraction of sp³-hybridized carbons (Fsp3) is 0.476. The van der Waals surface area contributed by atoms with Gasteiger partial charge >= 0.3 is 6.03 Å². The molecule has 0 bridgehead atoms. The Morgan fingerprint density at radius 2 is 2.00 bits per heavy atom. The number of hydrogen-bond acceptors (Lipinski definition) is 4. The van der Waals surface area contributed by atoms with Crippen molar-refractivity contribution in [3.8, 4) is 0 Å². The van der Waals surface area contributed by atoms with Gasteiger partial charge in [-0.3, -0.25) is 4.79 Å². The van der Waals surface area contributed by atoms with E-state index in [0.717, 1.165) is 54.3 Å². The largest absolute Gasteiger partial charge is 0.356 e. The van der Waals surface area contributed by atoms with Crippen LogP contribution in [0.15, 0.2) is 23.6 Å². The van der Waals surface area contributed by atoms with Crippen LogP contribution in [0.5, 0.6) is 0 Å². The maximum absolute atomic E-state index is 12.6. The van der Waals surface area contributed by atoms with Gasteiger partial charge in [-0.15, -0.1) is 11.3 Å². The van der Waals surface area contributed by atoms with Crippen molar-refractivity contribution in [1.82, 2.24) is 15.2 Å². The predicted octanol–water partition coefficient (Wildman–Crippen LogP) is 3.85. The smallest absolute Gasteiger partial charge is 0.321 e. The Balaban J connectivity index is 1.49. The lowest BCUT2D eigenvalue weighted by atomic mass is 9.98. The number of thiazole rings is 1. The molecule has 1 fully saturated rings. The van der Waals surface area contributed by atoms with Gasteiger partial charge in [0.15, 0.2) is 0 Å². The minimum Gasteiger partial charge on any atom is -0.356 e. The van der Waals surface area contributed by atoms with Gasteiger partial charge in [-0.05, 0) is 38.3 Å². The lowest BCUT2D eigenvalue weighted by Crippen LogP contribution is -2.40. The quantitative estimate of drug-likeness (QED) is 0.801. The van der Waals surface area contributed by atoms with E-state index in [1.807, 2.05) is 30.9 Å². The Morgan fingerprint density at radius 3 is 2.68 bits per heavy atom. The van der Waals surface area contributed by atoms with Gasteiger partial charge in [0.1, 0.15) is 0 Å². The Labute approximate surface area is 170 Å². The Hall–Kier alpha value is -2.41. The Morgan fingerprint density at radius 1 is 1.25 bits per heavy atom. The number of nitrogens with zero attached hydrogens (tertiary/aromatic N) is 2. The van der Waals surface area contributed by atoms with E-state index in [1.54, 1.807) is 11.3 Å². The van der Waals surface area contributed by atoms with Crippen molar-refractivity contribution in [3.05, 3.63) is 45.4 Å². The summed E-state index contributed by atoms with van der Waals surface area (Å²) in [6.07, 6.45) is 2.62. The zero-order chi connectivity index (χ0) is 20.1. The van der Waals surface area contributed by atoms with Crippen molar-refractivity contribution in [2.75, 3.05) is 25.0 Å². The Kier molecular flexibility index (Phi) is 6.67. The van der Waals surface area contributed by atoms with Crippen LogP contribution in [0.25, 0.3) is 0 Å². The number of carbonyl (C=O) groups is 2. The summed E-state index contributed by atoms with van der Waals surface area (Å²) in [5.74, 6) is 0.395. The molecule has 150 valence electrons. The van der Waals surface area contributed by atoms with Crippen molar-refractivity contribution in [2.24, 2.45) is 0 Å². The second-order valence-electron chi connectivity index (χ2n) is 7.42. The van der Waals surface area contributed by atoms with Gasteiger partial charge in [0.2, 0.25) is 5.91 Å². The van der Waals surface area contributed by atoms with Gasteiger partial charge < -0.3 is 15.5 Å². The lowest BCUT2D eigenvalue weighted by molar-refractivity contribution is -0.118. The predicted molar refractivity (Wildman–Crippen MR) is 113 cm³/mol. The monoisotopic (exact) mass is 400 g/mol. The lowest BCUT2D eigenvalue weighted by Gasteiger charge is -2.31. The average molecular weight is 401 g/mol. The number of rotatable bonds is 5. The van der Waals surface area contributed by atoms with Crippen LogP contribution in [0.4, 0.5) is 10.5 Å². The van der Waals surface area contributed by atoms with Gasteiger partial charge in [-0.1, -0.05) is 17.7 Å². The van der Waals surface area contributed by atoms with Crippen molar-refractivity contribution >= 4 is 29.0 Å². The molecule has 0 radical (unpaired) electrons. The molecule has 2 heterocycles. The molecule has 0 atom stereocenters. The number of aromatic nitrogens is 1. The second kappa shape index (κ2) is 9.19. The van der Waals surface area contributed by atoms with Crippen LogP contribution in [0.2, 0.25) is 0 Å². The van der Waals surface area contributed by atoms with Crippen LogP contribution < -0.4 is 10.6 Å². The maximum atomic E-state index is 12.6. The summed E-state index contributed by atoms with van der Waals surface area (Å²) in [6.45, 7) is 7.69. The highest BCUT2D eigenvalue weighted by Gasteiger charge is 2.26. The van der Waals surface area contributed by atoms with E-state index in [0.29, 0.717) is 12.5 Å². The summed E-state index contributed by atoms with van der Waals surface area (Å²) in [6, 6.07) is 6.03. The summed E-state index contributed by atoms with van der Waals surface area (Å²) >= 11 is 1.69. The molecule has 0 aliphatic carbocycles. The number of benzene rings is 1. The fourth-order valence-electron chi connectivity index (χ4n) is 3.47. The van der Waals surface area contributed by atoms with Gasteiger partial charge in [-0.25, -0.2) is 9.78 Å². The fourth-order valence-corrected chi connectivity index (χ4v) is 4.49. The first kappa shape index (κ1) is 20.3. The molecule has 1 aliphatic heterocycles. The van der Waals surface area contributed by atoms with Crippen LogP contribution in [0, 0.1) is 13.8 Å². The van der Waals surface area contributed by atoms with Crippen molar-refractivity contribution in [2.45, 2.75) is 46.0 Å². The number of urea groups is 1. The molecule has 2 N–H and O–H groups in total. The number of likely N-dealkylation sites (tertiary alicyclic amines) is 1. The maximum Gasteiger partial charge on any atom is 0.321 e. The number of amides is 3. The second-order valence-corrected chi connectivity index (χ2v) is 8.31. The molecule has 28 heavy (non-hydrogen) atoms. The molecule has 1 aliphatic rings. The SMILES string of the molecule is CC(=O)NCCc1csc(C2CCN(C(=O)Nc3ccc(C)cc3C)CC2)n1. The minimum atomic E-state index is -0.0273. The molecule has 1 aromatic heterocycles. The molecule has 2 aromatic rings. The number of aryl methyl sites for hydroxylation is 2. The molecule has 3 rings (SSSR count). The highest BCUT2D eigenvalue weighted by atomic mass is 32.1. The average Bonchev–Trinajstić information content (AvgIpc) is 3.13. The summed E-state index contributed by atoms with van der Waals surface area (Å²) < 4.78 is 0. The molecular formula is C21H28N4O2S. The number of hydrogen-bond donors (Lipinski definition) is 2. The third-order valence-electron chi connectivity index (χ3n) is 5.08. The van der Waals surface area contributed by atoms with Crippen molar-refractivity contribution < 1.29 is 9.59 Å². The highest BCUT2D eigenvalue weighted by molar-refractivity contribution is 7.09. The first-order valence-electron chi connectivity index (χ1n) is 9.74. The normalized spacial score (nSPS) is 14.8. The van der Waals surface area contributed by atoms with E-state index in [1.165, 1.54) is 12.5 Å². The van der Waals surface area contributed by atoms with E-state index < -0.39 is 0 Å². The molecule has 1 aromatic carbocycles.